The second kappa shape index (κ2) is 9.55. The molecule has 0 radical (unpaired) electrons. The van der Waals surface area contributed by atoms with Gasteiger partial charge in [-0.25, -0.2) is 28.0 Å². The molecule has 11 heteroatoms. The van der Waals surface area contributed by atoms with E-state index in [-0.39, 0.29) is 18.3 Å². The Balaban J connectivity index is 0.000000523. The summed E-state index contributed by atoms with van der Waals surface area (Å²) in [6.45, 7) is 2.75. The van der Waals surface area contributed by atoms with Crippen LogP contribution in [0.5, 0.6) is 0 Å². The summed E-state index contributed by atoms with van der Waals surface area (Å²) in [5.41, 5.74) is 4.14. The zero-order chi connectivity index (χ0) is 23.6. The summed E-state index contributed by atoms with van der Waals surface area (Å²) in [5, 5.41) is 20.3. The van der Waals surface area contributed by atoms with Gasteiger partial charge in [-0.3, -0.25) is 4.79 Å². The quantitative estimate of drug-likeness (QED) is 0.440. The van der Waals surface area contributed by atoms with E-state index in [9.17, 15) is 14.7 Å². The average molecular weight is 469 g/mol. The van der Waals surface area contributed by atoms with Gasteiger partial charge in [0.2, 0.25) is 5.71 Å². The minimum absolute atomic E-state index is 0.0707. The molecule has 0 amide bonds. The topological polar surface area (TPSA) is 186 Å². The number of fused-ring (bicyclic) bond motifs is 4. The Hall–Kier alpha value is -2.50. The summed E-state index contributed by atoms with van der Waals surface area (Å²) in [5.74, 6) is -1.62. The number of nitrogens with zero attached hydrogens (tertiary/aromatic N) is 1. The summed E-state index contributed by atoms with van der Waals surface area (Å²) in [7, 11) is -4.94. The number of hydrogen-bond acceptors (Lipinski definition) is 6. The van der Waals surface area contributed by atoms with Crippen LogP contribution in [0.2, 0.25) is 0 Å². The van der Waals surface area contributed by atoms with Crippen LogP contribution in [-0.2, 0) is 9.59 Å². The molecular weight excluding hydrogens is 444 g/mol. The van der Waals surface area contributed by atoms with Gasteiger partial charge in [0, 0.05) is 35.2 Å². The number of carboxylic acids is 2. The molecule has 2 aliphatic rings. The predicted octanol–water partition coefficient (Wildman–Crippen LogP) is -1.55. The molecule has 2 unspecified atom stereocenters. The van der Waals surface area contributed by atoms with E-state index in [1.165, 1.54) is 0 Å². The van der Waals surface area contributed by atoms with Crippen LogP contribution < -0.4 is 18.6 Å². The van der Waals surface area contributed by atoms with E-state index in [2.05, 4.69) is 11.1 Å². The van der Waals surface area contributed by atoms with Crippen molar-refractivity contribution in [1.82, 2.24) is 4.98 Å². The Morgan fingerprint density at radius 3 is 2.44 bits per heavy atom. The van der Waals surface area contributed by atoms with E-state index in [1.54, 1.807) is 0 Å². The molecule has 0 saturated carbocycles. The monoisotopic (exact) mass is 468 g/mol. The van der Waals surface area contributed by atoms with Crippen LogP contribution in [0.25, 0.3) is 10.9 Å². The summed E-state index contributed by atoms with van der Waals surface area (Å²) in [4.78, 5) is 26.9. The lowest BCUT2D eigenvalue weighted by atomic mass is 9.77. The lowest BCUT2D eigenvalue weighted by Gasteiger charge is -2.33. The number of rotatable bonds is 5. The van der Waals surface area contributed by atoms with Gasteiger partial charge in [-0.15, -0.1) is 10.2 Å². The number of aromatic amines is 1. The van der Waals surface area contributed by atoms with Crippen molar-refractivity contribution < 1.29 is 53.3 Å². The molecule has 0 saturated heterocycles. The van der Waals surface area contributed by atoms with Gasteiger partial charge in [0.25, 0.3) is 6.04 Å². The number of carboxylic acid groups (broad SMARTS) is 2. The molecule has 1 aromatic heterocycles. The second-order valence-electron chi connectivity index (χ2n) is 7.99. The molecule has 0 spiro atoms. The van der Waals surface area contributed by atoms with Gasteiger partial charge < -0.3 is 15.2 Å². The first-order valence-corrected chi connectivity index (χ1v) is 11.6. The fourth-order valence-corrected chi connectivity index (χ4v) is 5.07. The molecule has 4 rings (SSSR count). The molecule has 3 N–H and O–H groups in total. The fourth-order valence-electron chi connectivity index (χ4n) is 5.07. The van der Waals surface area contributed by atoms with Crippen molar-refractivity contribution in [2.75, 3.05) is 6.54 Å². The number of H-pyrrole nitrogens is 1. The maximum Gasteiger partial charge on any atom is 0.373 e. The molecule has 1 aromatic carbocycles. The van der Waals surface area contributed by atoms with Crippen LogP contribution in [0.3, 0.4) is 0 Å². The Bertz CT molecular complexity index is 1040. The van der Waals surface area contributed by atoms with Crippen LogP contribution in [0.4, 0.5) is 0 Å². The van der Waals surface area contributed by atoms with Crippen molar-refractivity contribution in [3.05, 3.63) is 35.5 Å². The maximum atomic E-state index is 12.3. The van der Waals surface area contributed by atoms with Crippen LogP contribution in [0.1, 0.15) is 56.2 Å². The number of aromatic nitrogens is 1. The van der Waals surface area contributed by atoms with Gasteiger partial charge in [0.1, 0.15) is 12.2 Å². The van der Waals surface area contributed by atoms with Gasteiger partial charge in [0.15, 0.2) is 0 Å². The fraction of sp³-hybridized carbons (Fsp3) is 0.476. The highest BCUT2D eigenvalue weighted by Crippen LogP contribution is 2.41. The van der Waals surface area contributed by atoms with Crippen molar-refractivity contribution in [3.8, 4) is 0 Å². The van der Waals surface area contributed by atoms with Crippen molar-refractivity contribution in [3.63, 3.8) is 0 Å². The predicted molar refractivity (Wildman–Crippen MR) is 102 cm³/mol. The Kier molecular flexibility index (Phi) is 7.21. The van der Waals surface area contributed by atoms with Crippen molar-refractivity contribution >= 4 is 28.6 Å². The SMILES string of the molecule is CCC1c2c([nH]c3ccccc23)C2=[N+](CCC[C@H]2CCC(=O)O)C1C(=O)O.[O-][Cl+3]([O-])([O-])[O-]. The largest absolute Gasteiger partial charge is 0.481 e. The highest BCUT2D eigenvalue weighted by molar-refractivity contribution is 6.06. The molecule has 0 bridgehead atoms. The van der Waals surface area contributed by atoms with E-state index in [0.717, 1.165) is 47.1 Å². The number of hydrogen-bond donors (Lipinski definition) is 3. The van der Waals surface area contributed by atoms with Gasteiger partial charge >= 0.3 is 11.9 Å². The van der Waals surface area contributed by atoms with Gasteiger partial charge in [-0.2, -0.15) is 0 Å². The van der Waals surface area contributed by atoms with Crippen LogP contribution >= 0.6 is 0 Å². The first kappa shape index (κ1) is 24.1. The van der Waals surface area contributed by atoms with E-state index < -0.39 is 28.2 Å². The molecule has 32 heavy (non-hydrogen) atoms. The third kappa shape index (κ3) is 5.11. The minimum Gasteiger partial charge on any atom is -0.481 e. The zero-order valence-electron chi connectivity index (χ0n) is 17.5. The maximum absolute atomic E-state index is 12.3. The Morgan fingerprint density at radius 2 is 1.84 bits per heavy atom. The van der Waals surface area contributed by atoms with E-state index >= 15 is 0 Å². The highest BCUT2D eigenvalue weighted by atomic mass is 35.7. The van der Waals surface area contributed by atoms with Gasteiger partial charge in [-0.05, 0) is 25.3 Å². The number of benzene rings is 1. The first-order chi connectivity index (χ1) is 15.0. The first-order valence-electron chi connectivity index (χ1n) is 10.3. The number of halogens is 1. The highest BCUT2D eigenvalue weighted by Gasteiger charge is 2.50. The standard InChI is InChI=1S/C21H24N2O4.ClHO4/c1-2-13-17-14-7-3-4-8-15(14)22-18(17)19-12(9-10-16(24)25)6-5-11-23(19)20(13)21(26)27;2-1(3,4)5/h3-4,7-8,12-13,20H,2,5-6,9-11H2,1H3,(H2,24,25,26,27);(H,2,3,4,5)/t12-,13?,20?;/m0./s1. The molecule has 0 fully saturated rings. The van der Waals surface area contributed by atoms with Crippen molar-refractivity contribution in [1.29, 1.82) is 0 Å². The molecule has 2 aliphatic heterocycles. The lowest BCUT2D eigenvalue weighted by molar-refractivity contribution is -2.00. The third-order valence-corrected chi connectivity index (χ3v) is 6.14. The summed E-state index contributed by atoms with van der Waals surface area (Å²) < 4.78 is 36.0. The van der Waals surface area contributed by atoms with Gasteiger partial charge in [-0.1, -0.05) is 25.1 Å². The zero-order valence-corrected chi connectivity index (χ0v) is 18.2. The van der Waals surface area contributed by atoms with Crippen molar-refractivity contribution in [2.45, 2.75) is 51.0 Å². The summed E-state index contributed by atoms with van der Waals surface area (Å²) >= 11 is 0. The number of para-hydroxylation sites is 1. The number of nitrogens with one attached hydrogen (secondary N) is 1. The van der Waals surface area contributed by atoms with Crippen LogP contribution in [0.15, 0.2) is 24.3 Å². The normalized spacial score (nSPS) is 22.6. The molecule has 174 valence electrons. The second-order valence-corrected chi connectivity index (χ2v) is 8.74. The molecule has 10 nitrogen and oxygen atoms in total. The number of aliphatic carboxylic acids is 2. The van der Waals surface area contributed by atoms with E-state index in [0.29, 0.717) is 13.0 Å². The molecule has 2 aromatic rings. The Morgan fingerprint density at radius 1 is 1.19 bits per heavy atom. The molecule has 0 aliphatic carbocycles. The summed E-state index contributed by atoms with van der Waals surface area (Å²) in [6, 6.07) is 7.45. The van der Waals surface area contributed by atoms with Gasteiger partial charge in [0.05, 0.1) is 5.92 Å². The van der Waals surface area contributed by atoms with Crippen LogP contribution in [-0.4, -0.2) is 50.0 Å². The summed E-state index contributed by atoms with van der Waals surface area (Å²) in [6.07, 6.45) is 3.18. The Labute approximate surface area is 186 Å². The molecular formula is C21H25ClN2O8. The minimum atomic E-state index is -4.94. The lowest BCUT2D eigenvalue weighted by Crippen LogP contribution is -2.68. The van der Waals surface area contributed by atoms with E-state index in [1.807, 2.05) is 29.7 Å². The van der Waals surface area contributed by atoms with E-state index in [4.69, 9.17) is 23.7 Å². The smallest absolute Gasteiger partial charge is 0.373 e. The molecule has 3 atom stereocenters. The third-order valence-electron chi connectivity index (χ3n) is 6.14. The molecule has 3 heterocycles. The van der Waals surface area contributed by atoms with Crippen LogP contribution in [0, 0.1) is 16.2 Å². The average Bonchev–Trinajstić information content (AvgIpc) is 3.09. The van der Waals surface area contributed by atoms with Crippen molar-refractivity contribution in [2.24, 2.45) is 5.92 Å². The number of carbonyl (C=O) groups is 2.